The third-order valence-electron chi connectivity index (χ3n) is 4.97. The number of anilines is 1. The molecule has 121 valence electrons. The molecule has 0 bridgehead atoms. The molecular weight excluding hydrogens is 366 g/mol. The molecule has 0 aromatic heterocycles. The largest absolute Gasteiger partial charge is 0.322 e. The van der Waals surface area contributed by atoms with Crippen LogP contribution in [-0.2, 0) is 37.5 Å². The van der Waals surface area contributed by atoms with Crippen molar-refractivity contribution in [2.45, 2.75) is 53.6 Å². The first-order chi connectivity index (χ1) is 9.95. The van der Waals surface area contributed by atoms with E-state index in [1.807, 2.05) is 6.07 Å². The molecule has 0 aliphatic rings. The van der Waals surface area contributed by atoms with Gasteiger partial charge in [0.2, 0.25) is 0 Å². The summed E-state index contributed by atoms with van der Waals surface area (Å²) in [6.07, 6.45) is 4.44. The summed E-state index contributed by atoms with van der Waals surface area (Å²) in [4.78, 5) is 12.9. The van der Waals surface area contributed by atoms with E-state index in [0.717, 1.165) is 23.2 Å². The molecule has 1 radical (unpaired) electrons. The van der Waals surface area contributed by atoms with E-state index in [-0.39, 0.29) is 44.3 Å². The molecule has 0 saturated heterocycles. The van der Waals surface area contributed by atoms with Gasteiger partial charge in [0.25, 0.3) is 5.91 Å². The van der Waals surface area contributed by atoms with Crippen molar-refractivity contribution in [3.63, 3.8) is 0 Å². The molecule has 1 atom stereocenters. The second kappa shape index (κ2) is 10.2. The van der Waals surface area contributed by atoms with Crippen molar-refractivity contribution in [2.75, 3.05) is 23.8 Å². The fourth-order valence-corrected chi connectivity index (χ4v) is 7.37. The van der Waals surface area contributed by atoms with E-state index < -0.39 is 7.26 Å². The fraction of sp³-hybridized carbons (Fsp3) is 0.611. The molecule has 1 unspecified atom stereocenters. The van der Waals surface area contributed by atoms with Crippen LogP contribution in [0.3, 0.4) is 0 Å². The Morgan fingerprint density at radius 1 is 1.05 bits per heavy atom. The van der Waals surface area contributed by atoms with Crippen LogP contribution in [0.1, 0.15) is 45.2 Å². The molecule has 1 amide bonds. The Labute approximate surface area is 162 Å². The molecule has 0 fully saturated rings. The summed E-state index contributed by atoms with van der Waals surface area (Å²) in [7, 11) is -1.18. The average molecular weight is 397 g/mol. The van der Waals surface area contributed by atoms with Gasteiger partial charge in [-0.05, 0) is 52.2 Å². The maximum atomic E-state index is 12.9. The minimum Gasteiger partial charge on any atom is -0.322 e. The molecule has 0 aliphatic carbocycles. The number of carbonyl (C=O) groups excluding carboxylic acids is 1. The van der Waals surface area contributed by atoms with Crippen LogP contribution < -0.4 is 5.32 Å². The third-order valence-corrected chi connectivity index (χ3v) is 10.7. The zero-order valence-electron chi connectivity index (χ0n) is 15.1. The summed E-state index contributed by atoms with van der Waals surface area (Å²) >= 11 is 0. The van der Waals surface area contributed by atoms with Crippen molar-refractivity contribution in [3.05, 3.63) is 29.3 Å². The molecule has 0 heterocycles. The summed E-state index contributed by atoms with van der Waals surface area (Å²) in [5.41, 5.74) is 3.48. The summed E-state index contributed by atoms with van der Waals surface area (Å²) in [5.74, 6) is 0.230. The summed E-state index contributed by atoms with van der Waals surface area (Å²) in [6, 6.07) is 6.16. The first kappa shape index (κ1) is 22.2. The van der Waals surface area contributed by atoms with Crippen molar-refractivity contribution < 1.29 is 37.5 Å². The van der Waals surface area contributed by atoms with Crippen molar-refractivity contribution >= 4 is 18.9 Å². The van der Waals surface area contributed by atoms with E-state index >= 15 is 0 Å². The smallest absolute Gasteiger partial charge is 0.265 e. The van der Waals surface area contributed by atoms with E-state index in [9.17, 15) is 4.79 Å². The Morgan fingerprint density at radius 2 is 1.50 bits per heavy atom. The van der Waals surface area contributed by atoms with Gasteiger partial charge in [-0.25, -0.2) is 0 Å². The average Bonchev–Trinajstić information content (AvgIpc) is 2.48. The standard InChI is InChI=1S/C18H30NOP.Y/c1-7-16(21(8-2,9-3)10-4)18(20)19-17-14(5)12-11-13-15(17)6;/h11-13,16H,7-10H2,1-6H3;/p+1. The Kier molecular flexibility index (Phi) is 10.3. The van der Waals surface area contributed by atoms with Gasteiger partial charge in [0, 0.05) is 45.7 Å². The van der Waals surface area contributed by atoms with E-state index in [0.29, 0.717) is 0 Å². The Balaban J connectivity index is 0.00000441. The molecule has 1 N–H and O–H groups in total. The van der Waals surface area contributed by atoms with Crippen LogP contribution in [-0.4, -0.2) is 30.1 Å². The monoisotopic (exact) mass is 397 g/mol. The molecule has 1 rings (SSSR count). The summed E-state index contributed by atoms with van der Waals surface area (Å²) in [5, 5.41) is 3.23. The quantitative estimate of drug-likeness (QED) is 0.638. The number of hydrogen-bond acceptors (Lipinski definition) is 1. The van der Waals surface area contributed by atoms with Gasteiger partial charge in [0.1, 0.15) is 5.66 Å². The Bertz CT molecular complexity index is 457. The van der Waals surface area contributed by atoms with Gasteiger partial charge < -0.3 is 5.32 Å². The first-order valence-corrected chi connectivity index (χ1v) is 10.6. The van der Waals surface area contributed by atoms with Crippen LogP contribution in [0.2, 0.25) is 0 Å². The normalized spacial score (nSPS) is 12.5. The molecule has 1 aromatic carbocycles. The molecule has 0 spiro atoms. The van der Waals surface area contributed by atoms with Crippen LogP contribution >= 0.6 is 7.26 Å². The molecule has 0 aliphatic heterocycles. The summed E-state index contributed by atoms with van der Waals surface area (Å²) in [6.45, 7) is 13.1. The number of para-hydroxylation sites is 1. The van der Waals surface area contributed by atoms with Gasteiger partial charge in [-0.15, -0.1) is 0 Å². The van der Waals surface area contributed by atoms with Crippen molar-refractivity contribution in [2.24, 2.45) is 0 Å². The Morgan fingerprint density at radius 3 is 1.86 bits per heavy atom. The van der Waals surface area contributed by atoms with Crippen LogP contribution in [0.15, 0.2) is 18.2 Å². The topological polar surface area (TPSA) is 29.1 Å². The van der Waals surface area contributed by atoms with Gasteiger partial charge in [-0.1, -0.05) is 25.1 Å². The van der Waals surface area contributed by atoms with E-state index in [2.05, 4.69) is 59.0 Å². The number of amides is 1. The van der Waals surface area contributed by atoms with Crippen LogP contribution in [0.4, 0.5) is 5.69 Å². The first-order valence-electron chi connectivity index (χ1n) is 8.18. The van der Waals surface area contributed by atoms with E-state index in [1.54, 1.807) is 0 Å². The zero-order chi connectivity index (χ0) is 16.0. The summed E-state index contributed by atoms with van der Waals surface area (Å²) < 4.78 is 0. The van der Waals surface area contributed by atoms with E-state index in [1.165, 1.54) is 18.5 Å². The van der Waals surface area contributed by atoms with Gasteiger partial charge >= 0.3 is 0 Å². The Hall–Kier alpha value is 0.224. The second-order valence-electron chi connectivity index (χ2n) is 5.85. The number of hydrogen-bond donors (Lipinski definition) is 1. The minimum absolute atomic E-state index is 0. The van der Waals surface area contributed by atoms with Gasteiger partial charge in [-0.3, -0.25) is 4.79 Å². The predicted octanol–water partition coefficient (Wildman–Crippen LogP) is 5.10. The predicted molar refractivity (Wildman–Crippen MR) is 97.2 cm³/mol. The van der Waals surface area contributed by atoms with Gasteiger partial charge in [0.05, 0.1) is 18.5 Å². The molecule has 2 nitrogen and oxygen atoms in total. The van der Waals surface area contributed by atoms with Crippen LogP contribution in [0.5, 0.6) is 0 Å². The van der Waals surface area contributed by atoms with Gasteiger partial charge in [0.15, 0.2) is 0 Å². The maximum absolute atomic E-state index is 12.9. The fourth-order valence-electron chi connectivity index (χ4n) is 3.37. The van der Waals surface area contributed by atoms with Crippen LogP contribution in [0, 0.1) is 13.8 Å². The molecular formula is C18H31NOPY+. The minimum atomic E-state index is -1.18. The molecule has 4 heteroatoms. The second-order valence-corrected chi connectivity index (χ2v) is 10.8. The molecule has 22 heavy (non-hydrogen) atoms. The van der Waals surface area contributed by atoms with Gasteiger partial charge in [-0.2, -0.15) is 0 Å². The number of rotatable bonds is 7. The third kappa shape index (κ3) is 4.86. The zero-order valence-corrected chi connectivity index (χ0v) is 18.8. The van der Waals surface area contributed by atoms with Crippen molar-refractivity contribution in [1.82, 2.24) is 0 Å². The molecule has 1 aromatic rings. The SMILES string of the molecule is CCC(C(=O)Nc1c(C)cccc1C)[P+](CC)(CC)CC.[Y]. The molecule has 0 saturated carbocycles. The number of carbonyl (C=O) groups is 1. The van der Waals surface area contributed by atoms with Crippen LogP contribution in [0.25, 0.3) is 0 Å². The maximum Gasteiger partial charge on any atom is 0.265 e. The number of nitrogens with one attached hydrogen (secondary N) is 1. The van der Waals surface area contributed by atoms with Crippen molar-refractivity contribution in [1.29, 1.82) is 0 Å². The number of benzene rings is 1. The van der Waals surface area contributed by atoms with E-state index in [4.69, 9.17) is 0 Å². The number of aryl methyl sites for hydroxylation is 2. The van der Waals surface area contributed by atoms with Crippen molar-refractivity contribution in [3.8, 4) is 0 Å².